The van der Waals surface area contributed by atoms with E-state index in [1.807, 2.05) is 72.0 Å². The van der Waals surface area contributed by atoms with Crippen LogP contribution < -0.4 is 0 Å². The summed E-state index contributed by atoms with van der Waals surface area (Å²) in [5.41, 5.74) is 8.34. The molecule has 0 aliphatic rings. The van der Waals surface area contributed by atoms with Crippen LogP contribution in [0.3, 0.4) is 0 Å². The maximum absolute atomic E-state index is 5.15. The average Bonchev–Trinajstić information content (AvgIpc) is 3.59. The summed E-state index contributed by atoms with van der Waals surface area (Å²) >= 11 is 1.86. The van der Waals surface area contributed by atoms with Gasteiger partial charge in [0.1, 0.15) is 0 Å². The third kappa shape index (κ3) is 5.14. The number of hydrogen-bond acceptors (Lipinski definition) is 5. The molecule has 0 amide bonds. The van der Waals surface area contributed by atoms with Gasteiger partial charge >= 0.3 is 0 Å². The quantitative estimate of drug-likeness (QED) is 0.171. The number of aromatic nitrogens is 4. The van der Waals surface area contributed by atoms with Crippen molar-refractivity contribution in [2.75, 3.05) is 0 Å². The van der Waals surface area contributed by atoms with Gasteiger partial charge in [-0.1, -0.05) is 152 Å². The summed E-state index contributed by atoms with van der Waals surface area (Å²) < 4.78 is 2.57. The second-order valence-electron chi connectivity index (χ2n) is 12.6. The molecule has 4 nitrogen and oxygen atoms in total. The van der Waals surface area contributed by atoms with E-state index in [1.165, 1.54) is 41.9 Å². The summed E-state index contributed by atoms with van der Waals surface area (Å²) in [7, 11) is 0. The first kappa shape index (κ1) is 29.4. The number of nitrogens with zero attached hydrogens (tertiary/aromatic N) is 4. The topological polar surface area (TPSA) is 51.6 Å². The van der Waals surface area contributed by atoms with Crippen molar-refractivity contribution in [3.8, 4) is 56.5 Å². The average molecular weight is 669 g/mol. The van der Waals surface area contributed by atoms with Crippen LogP contribution in [-0.4, -0.2) is 19.9 Å². The summed E-state index contributed by atoms with van der Waals surface area (Å²) in [5, 5.41) is 6.16. The summed E-state index contributed by atoms with van der Waals surface area (Å²) in [6.07, 6.45) is 0. The van der Waals surface area contributed by atoms with Crippen molar-refractivity contribution in [2.24, 2.45) is 0 Å². The molecule has 0 unspecified atom stereocenters. The standard InChI is InChI=1S/C46H28N4S/c1-4-12-30(13-5-1)42-37-26-25-35-38-28-34(24-27-40(38)51-43(35)41(37)36-18-10-11-19-39(36)47-42)29-20-22-33(23-21-29)46-49-44(31-14-6-2-7-15-31)48-45(50-46)32-16-8-3-9-17-32/h1-28H. The van der Waals surface area contributed by atoms with Gasteiger partial charge in [-0.15, -0.1) is 11.3 Å². The van der Waals surface area contributed by atoms with Gasteiger partial charge in [-0.05, 0) is 29.3 Å². The van der Waals surface area contributed by atoms with Crippen molar-refractivity contribution in [3.05, 3.63) is 170 Å². The third-order valence-corrected chi connectivity index (χ3v) is 10.7. The molecule has 0 saturated carbocycles. The molecular formula is C46H28N4S. The van der Waals surface area contributed by atoms with Crippen molar-refractivity contribution >= 4 is 53.2 Å². The molecule has 3 heterocycles. The number of hydrogen-bond donors (Lipinski definition) is 0. The van der Waals surface area contributed by atoms with E-state index in [4.69, 9.17) is 19.9 Å². The number of fused-ring (bicyclic) bond motifs is 7. The van der Waals surface area contributed by atoms with E-state index in [9.17, 15) is 0 Å². The molecule has 51 heavy (non-hydrogen) atoms. The minimum Gasteiger partial charge on any atom is -0.247 e. The molecule has 0 N–H and O–H groups in total. The van der Waals surface area contributed by atoms with Gasteiger partial charge in [-0.3, -0.25) is 0 Å². The molecule has 5 heteroatoms. The van der Waals surface area contributed by atoms with E-state index in [1.54, 1.807) is 0 Å². The highest BCUT2D eigenvalue weighted by atomic mass is 32.1. The first-order chi connectivity index (χ1) is 25.3. The summed E-state index contributed by atoms with van der Waals surface area (Å²) in [6, 6.07) is 59.1. The molecular weight excluding hydrogens is 641 g/mol. The first-order valence-corrected chi connectivity index (χ1v) is 17.8. The highest BCUT2D eigenvalue weighted by molar-refractivity contribution is 7.26. The number of rotatable bonds is 5. The van der Waals surface area contributed by atoms with Gasteiger partial charge in [0.25, 0.3) is 0 Å². The van der Waals surface area contributed by atoms with Crippen LogP contribution in [-0.2, 0) is 0 Å². The van der Waals surface area contributed by atoms with E-state index >= 15 is 0 Å². The first-order valence-electron chi connectivity index (χ1n) is 17.0. The Hall–Kier alpha value is -6.56. The molecule has 238 valence electrons. The molecule has 0 bridgehead atoms. The van der Waals surface area contributed by atoms with Crippen molar-refractivity contribution in [1.29, 1.82) is 0 Å². The molecule has 7 aromatic carbocycles. The monoisotopic (exact) mass is 668 g/mol. The molecule has 0 radical (unpaired) electrons. The number of benzene rings is 7. The minimum atomic E-state index is 0.650. The van der Waals surface area contributed by atoms with Gasteiger partial charge in [-0.2, -0.15) is 0 Å². The fraction of sp³-hybridized carbons (Fsp3) is 0. The molecule has 0 aliphatic heterocycles. The van der Waals surface area contributed by atoms with Gasteiger partial charge in [0, 0.05) is 58.6 Å². The van der Waals surface area contributed by atoms with E-state index in [-0.39, 0.29) is 0 Å². The molecule has 0 spiro atoms. The Morgan fingerprint density at radius 3 is 1.49 bits per heavy atom. The predicted octanol–water partition coefficient (Wildman–Crippen LogP) is 12.3. The lowest BCUT2D eigenvalue weighted by atomic mass is 9.97. The zero-order chi connectivity index (χ0) is 33.7. The maximum Gasteiger partial charge on any atom is 0.164 e. The minimum absolute atomic E-state index is 0.650. The molecule has 0 fully saturated rings. The second kappa shape index (κ2) is 12.1. The van der Waals surface area contributed by atoms with Crippen LogP contribution in [0.4, 0.5) is 0 Å². The maximum atomic E-state index is 5.15. The second-order valence-corrected chi connectivity index (χ2v) is 13.7. The zero-order valence-electron chi connectivity index (χ0n) is 27.4. The smallest absolute Gasteiger partial charge is 0.164 e. The summed E-state index contributed by atoms with van der Waals surface area (Å²) in [5.74, 6) is 1.97. The van der Waals surface area contributed by atoms with E-state index in [0.29, 0.717) is 17.5 Å². The Kier molecular flexibility index (Phi) is 6.96. The van der Waals surface area contributed by atoms with Gasteiger partial charge in [0.05, 0.1) is 11.2 Å². The third-order valence-electron chi connectivity index (χ3n) is 9.52. The Balaban J connectivity index is 1.08. The molecule has 3 aromatic heterocycles. The van der Waals surface area contributed by atoms with E-state index in [0.717, 1.165) is 39.0 Å². The Labute approximate surface area is 298 Å². The molecule has 10 aromatic rings. The lowest BCUT2D eigenvalue weighted by molar-refractivity contribution is 1.07. The Morgan fingerprint density at radius 2 is 0.843 bits per heavy atom. The van der Waals surface area contributed by atoms with Crippen molar-refractivity contribution in [3.63, 3.8) is 0 Å². The van der Waals surface area contributed by atoms with E-state index in [2.05, 4.69) is 109 Å². The fourth-order valence-corrected chi connectivity index (χ4v) is 8.26. The largest absolute Gasteiger partial charge is 0.247 e. The summed E-state index contributed by atoms with van der Waals surface area (Å²) in [4.78, 5) is 19.8. The normalized spacial score (nSPS) is 11.5. The Morgan fingerprint density at radius 1 is 0.333 bits per heavy atom. The van der Waals surface area contributed by atoms with Crippen LogP contribution >= 0.6 is 11.3 Å². The fourth-order valence-electron chi connectivity index (χ4n) is 7.01. The SMILES string of the molecule is c1ccc(-c2nc(-c3ccccc3)nc(-c3ccc(-c4ccc5sc6c(ccc7c(-c8ccccc8)nc8ccccc8c76)c5c4)cc3)n2)cc1. The molecule has 10 rings (SSSR count). The molecule has 0 saturated heterocycles. The Bertz CT molecular complexity index is 2830. The van der Waals surface area contributed by atoms with Gasteiger partial charge in [0.2, 0.25) is 0 Å². The highest BCUT2D eigenvalue weighted by Crippen LogP contribution is 2.44. The van der Waals surface area contributed by atoms with Gasteiger partial charge in [0.15, 0.2) is 17.5 Å². The zero-order valence-corrected chi connectivity index (χ0v) is 28.2. The lowest BCUT2D eigenvalue weighted by Crippen LogP contribution is -2.00. The van der Waals surface area contributed by atoms with Crippen LogP contribution in [0.5, 0.6) is 0 Å². The highest BCUT2D eigenvalue weighted by Gasteiger charge is 2.17. The van der Waals surface area contributed by atoms with Gasteiger partial charge < -0.3 is 0 Å². The van der Waals surface area contributed by atoms with Crippen LogP contribution in [0.25, 0.3) is 98.4 Å². The summed E-state index contributed by atoms with van der Waals surface area (Å²) in [6.45, 7) is 0. The van der Waals surface area contributed by atoms with Gasteiger partial charge in [-0.25, -0.2) is 19.9 Å². The van der Waals surface area contributed by atoms with Crippen molar-refractivity contribution in [2.45, 2.75) is 0 Å². The van der Waals surface area contributed by atoms with Crippen LogP contribution in [0.15, 0.2) is 170 Å². The molecule has 0 aliphatic carbocycles. The lowest BCUT2D eigenvalue weighted by Gasteiger charge is -2.11. The van der Waals surface area contributed by atoms with Crippen molar-refractivity contribution in [1.82, 2.24) is 19.9 Å². The number of pyridine rings is 1. The van der Waals surface area contributed by atoms with Crippen LogP contribution in [0.1, 0.15) is 0 Å². The number of para-hydroxylation sites is 1. The van der Waals surface area contributed by atoms with Crippen molar-refractivity contribution < 1.29 is 0 Å². The van der Waals surface area contributed by atoms with Crippen LogP contribution in [0, 0.1) is 0 Å². The number of thiophene rings is 1. The van der Waals surface area contributed by atoms with E-state index < -0.39 is 0 Å². The van der Waals surface area contributed by atoms with Crippen LogP contribution in [0.2, 0.25) is 0 Å². The molecule has 0 atom stereocenters. The predicted molar refractivity (Wildman–Crippen MR) is 213 cm³/mol.